The van der Waals surface area contributed by atoms with Crippen LogP contribution in [0.4, 0.5) is 0 Å². The lowest BCUT2D eigenvalue weighted by Gasteiger charge is -1.99. The molecule has 1 N–H and O–H groups in total. The monoisotopic (exact) mass is 204 g/mol. The first kappa shape index (κ1) is 12.4. The summed E-state index contributed by atoms with van der Waals surface area (Å²) >= 11 is 0. The van der Waals surface area contributed by atoms with Gasteiger partial charge in [0.15, 0.2) is 0 Å². The van der Waals surface area contributed by atoms with Crippen LogP contribution >= 0.6 is 0 Å². The van der Waals surface area contributed by atoms with Crippen molar-refractivity contribution < 1.29 is 29.3 Å². The molecule has 0 saturated carbocycles. The van der Waals surface area contributed by atoms with Gasteiger partial charge in [0.1, 0.15) is 0 Å². The van der Waals surface area contributed by atoms with Crippen LogP contribution in [0.25, 0.3) is 0 Å². The minimum absolute atomic E-state index is 0.0147. The molecule has 0 amide bonds. The minimum Gasteiger partial charge on any atom is -0.481 e. The summed E-state index contributed by atoms with van der Waals surface area (Å²) in [6, 6.07) is 0. The van der Waals surface area contributed by atoms with Gasteiger partial charge in [-0.3, -0.25) is 4.79 Å². The van der Waals surface area contributed by atoms with E-state index in [0.717, 1.165) is 6.92 Å². The number of hydrogen-bond acceptors (Lipinski definition) is 5. The molecule has 6 heteroatoms. The molecule has 0 unspecified atom stereocenters. The quantitative estimate of drug-likeness (QED) is 0.401. The molecule has 0 heterocycles. The zero-order valence-corrected chi connectivity index (χ0v) is 7.82. The van der Waals surface area contributed by atoms with Crippen molar-refractivity contribution in [2.75, 3.05) is 0 Å². The zero-order chi connectivity index (χ0) is 11.0. The van der Waals surface area contributed by atoms with Gasteiger partial charge >= 0.3 is 17.9 Å². The van der Waals surface area contributed by atoms with Crippen LogP contribution in [-0.2, 0) is 24.2 Å². The summed E-state index contributed by atoms with van der Waals surface area (Å²) in [4.78, 5) is 39.1. The molecule has 0 spiro atoms. The van der Waals surface area contributed by atoms with Gasteiger partial charge < -0.3 is 5.11 Å². The molecule has 0 aromatic rings. The Morgan fingerprint density at radius 2 is 1.64 bits per heavy atom. The number of carbonyl (C=O) groups excluding carboxylic acids is 2. The maximum Gasteiger partial charge on any atom is 0.355 e. The largest absolute Gasteiger partial charge is 0.481 e. The van der Waals surface area contributed by atoms with E-state index in [0.29, 0.717) is 12.8 Å². The van der Waals surface area contributed by atoms with Crippen LogP contribution in [0, 0.1) is 0 Å². The normalized spacial score (nSPS) is 9.21. The maximum absolute atomic E-state index is 10.7. The number of aliphatic carboxylic acids is 1. The average molecular weight is 204 g/mol. The summed E-state index contributed by atoms with van der Waals surface area (Å²) in [6.07, 6.45) is 0.846. The topological polar surface area (TPSA) is 89.9 Å². The lowest BCUT2D eigenvalue weighted by atomic mass is 10.2. The molecule has 0 aromatic carbocycles. The fourth-order valence-electron chi connectivity index (χ4n) is 0.692. The van der Waals surface area contributed by atoms with E-state index in [2.05, 4.69) is 9.78 Å². The van der Waals surface area contributed by atoms with Crippen LogP contribution in [0.1, 0.15) is 32.6 Å². The Hall–Kier alpha value is -1.59. The first-order chi connectivity index (χ1) is 6.52. The van der Waals surface area contributed by atoms with E-state index < -0.39 is 17.9 Å². The van der Waals surface area contributed by atoms with E-state index >= 15 is 0 Å². The van der Waals surface area contributed by atoms with Crippen LogP contribution in [0.5, 0.6) is 0 Å². The molecular formula is C8H12O6. The third-order valence-corrected chi connectivity index (χ3v) is 1.27. The van der Waals surface area contributed by atoms with E-state index in [1.165, 1.54) is 0 Å². The second kappa shape index (κ2) is 6.88. The molecular weight excluding hydrogens is 192 g/mol. The summed E-state index contributed by atoms with van der Waals surface area (Å²) in [7, 11) is 0. The van der Waals surface area contributed by atoms with E-state index in [4.69, 9.17) is 5.11 Å². The molecule has 0 aromatic heterocycles. The molecule has 0 saturated heterocycles. The number of carbonyl (C=O) groups is 3. The van der Waals surface area contributed by atoms with Crippen LogP contribution in [-0.4, -0.2) is 23.0 Å². The Kier molecular flexibility index (Phi) is 6.09. The summed E-state index contributed by atoms with van der Waals surface area (Å²) < 4.78 is 0. The van der Waals surface area contributed by atoms with Gasteiger partial charge in [0.25, 0.3) is 0 Å². The van der Waals surface area contributed by atoms with Gasteiger partial charge in [0.2, 0.25) is 0 Å². The van der Waals surface area contributed by atoms with Gasteiger partial charge in [0.05, 0.1) is 6.42 Å². The Labute approximate surface area is 80.7 Å². The van der Waals surface area contributed by atoms with Gasteiger partial charge in [-0.1, -0.05) is 0 Å². The fourth-order valence-corrected chi connectivity index (χ4v) is 0.692. The predicted molar refractivity (Wildman–Crippen MR) is 44.0 cm³/mol. The van der Waals surface area contributed by atoms with E-state index in [-0.39, 0.29) is 12.8 Å². The van der Waals surface area contributed by atoms with Gasteiger partial charge in [0, 0.05) is 13.3 Å². The standard InChI is InChI=1S/C8H12O6/c1-6(9)13-14-8(12)5-3-2-4-7(10)11/h2-5H2,1H3,(H,10,11). The Balaban J connectivity index is 3.36. The van der Waals surface area contributed by atoms with Gasteiger partial charge in [-0.05, 0) is 12.8 Å². The highest BCUT2D eigenvalue weighted by Crippen LogP contribution is 2.01. The third-order valence-electron chi connectivity index (χ3n) is 1.27. The summed E-state index contributed by atoms with van der Waals surface area (Å²) in [5.41, 5.74) is 0. The van der Waals surface area contributed by atoms with E-state index in [1.54, 1.807) is 0 Å². The maximum atomic E-state index is 10.7. The zero-order valence-electron chi connectivity index (χ0n) is 7.82. The van der Waals surface area contributed by atoms with Crippen LogP contribution in [0.3, 0.4) is 0 Å². The molecule has 0 aliphatic rings. The van der Waals surface area contributed by atoms with Crippen LogP contribution < -0.4 is 0 Å². The van der Waals surface area contributed by atoms with Crippen molar-refractivity contribution in [3.05, 3.63) is 0 Å². The van der Waals surface area contributed by atoms with E-state index in [1.807, 2.05) is 0 Å². The molecule has 0 atom stereocenters. The summed E-state index contributed by atoms with van der Waals surface area (Å²) in [5.74, 6) is -2.28. The highest BCUT2D eigenvalue weighted by atomic mass is 17.2. The minimum atomic E-state index is -0.904. The molecule has 14 heavy (non-hydrogen) atoms. The molecule has 6 nitrogen and oxygen atoms in total. The van der Waals surface area contributed by atoms with Crippen molar-refractivity contribution >= 4 is 17.9 Å². The first-order valence-electron chi connectivity index (χ1n) is 4.12. The lowest BCUT2D eigenvalue weighted by molar-refractivity contribution is -0.257. The van der Waals surface area contributed by atoms with Crippen LogP contribution in [0.2, 0.25) is 0 Å². The number of carboxylic acids is 1. The Morgan fingerprint density at radius 3 is 2.14 bits per heavy atom. The van der Waals surface area contributed by atoms with Crippen molar-refractivity contribution in [1.82, 2.24) is 0 Å². The second-order valence-corrected chi connectivity index (χ2v) is 2.63. The second-order valence-electron chi connectivity index (χ2n) is 2.63. The molecule has 0 radical (unpaired) electrons. The molecule has 0 fully saturated rings. The Morgan fingerprint density at radius 1 is 1.07 bits per heavy atom. The molecule has 0 aliphatic heterocycles. The first-order valence-corrected chi connectivity index (χ1v) is 4.12. The SMILES string of the molecule is CC(=O)OOC(=O)CCCCC(=O)O. The average Bonchev–Trinajstić information content (AvgIpc) is 2.08. The summed E-state index contributed by atoms with van der Waals surface area (Å²) in [6.45, 7) is 1.11. The highest BCUT2D eigenvalue weighted by Gasteiger charge is 2.06. The molecule has 0 rings (SSSR count). The fraction of sp³-hybridized carbons (Fsp3) is 0.625. The van der Waals surface area contributed by atoms with Crippen molar-refractivity contribution in [2.45, 2.75) is 32.6 Å². The van der Waals surface area contributed by atoms with Gasteiger partial charge in [-0.15, -0.1) is 0 Å². The van der Waals surface area contributed by atoms with Crippen LogP contribution in [0.15, 0.2) is 0 Å². The molecule has 0 bridgehead atoms. The summed E-state index contributed by atoms with van der Waals surface area (Å²) in [5, 5.41) is 8.27. The predicted octanol–water partition coefficient (Wildman–Crippen LogP) is 0.653. The number of rotatable bonds is 5. The van der Waals surface area contributed by atoms with Crippen molar-refractivity contribution in [3.8, 4) is 0 Å². The highest BCUT2D eigenvalue weighted by molar-refractivity contribution is 5.71. The van der Waals surface area contributed by atoms with Crippen molar-refractivity contribution in [2.24, 2.45) is 0 Å². The van der Waals surface area contributed by atoms with Crippen molar-refractivity contribution in [3.63, 3.8) is 0 Å². The number of hydrogen-bond donors (Lipinski definition) is 1. The van der Waals surface area contributed by atoms with Gasteiger partial charge in [-0.2, -0.15) is 0 Å². The number of carboxylic acid groups (broad SMARTS) is 1. The number of unbranched alkanes of at least 4 members (excludes halogenated alkanes) is 1. The lowest BCUT2D eigenvalue weighted by Crippen LogP contribution is -2.08. The smallest absolute Gasteiger partial charge is 0.355 e. The van der Waals surface area contributed by atoms with Gasteiger partial charge in [-0.25, -0.2) is 19.4 Å². The van der Waals surface area contributed by atoms with E-state index in [9.17, 15) is 14.4 Å². The Bertz CT molecular complexity index is 222. The molecule has 0 aliphatic carbocycles. The third kappa shape index (κ3) is 8.51. The van der Waals surface area contributed by atoms with Crippen molar-refractivity contribution in [1.29, 1.82) is 0 Å². The molecule has 80 valence electrons.